The Morgan fingerprint density at radius 1 is 1.47 bits per heavy atom. The molecule has 17 heavy (non-hydrogen) atoms. The molecule has 1 spiro atoms. The maximum atomic E-state index is 12.1. The third-order valence-corrected chi connectivity index (χ3v) is 5.18. The number of rotatable bonds is 2. The van der Waals surface area contributed by atoms with Crippen molar-refractivity contribution in [3.8, 4) is 0 Å². The van der Waals surface area contributed by atoms with Crippen LogP contribution >= 0.6 is 0 Å². The van der Waals surface area contributed by atoms with Gasteiger partial charge in [-0.25, -0.2) is 0 Å². The number of carbonyl (C=O) groups excluding carboxylic acids is 1. The average Bonchev–Trinajstić information content (AvgIpc) is 2.57. The van der Waals surface area contributed by atoms with Crippen molar-refractivity contribution in [2.45, 2.75) is 46.5 Å². The van der Waals surface area contributed by atoms with Gasteiger partial charge in [0.2, 0.25) is 0 Å². The zero-order valence-corrected chi connectivity index (χ0v) is 11.2. The van der Waals surface area contributed by atoms with Crippen molar-refractivity contribution in [3.63, 3.8) is 0 Å². The van der Waals surface area contributed by atoms with Gasteiger partial charge in [0.05, 0.1) is 6.61 Å². The minimum absolute atomic E-state index is 0.0877. The van der Waals surface area contributed by atoms with Crippen LogP contribution < -0.4 is 0 Å². The first-order valence-corrected chi connectivity index (χ1v) is 6.84. The number of hydrogen-bond donors (Lipinski definition) is 1. The van der Waals surface area contributed by atoms with Crippen LogP contribution in [-0.2, 0) is 4.79 Å². The Morgan fingerprint density at radius 2 is 2.18 bits per heavy atom. The highest BCUT2D eigenvalue weighted by molar-refractivity contribution is 5.97. The van der Waals surface area contributed by atoms with Crippen molar-refractivity contribution >= 4 is 5.78 Å². The summed E-state index contributed by atoms with van der Waals surface area (Å²) in [4.78, 5) is 12.1. The van der Waals surface area contributed by atoms with Crippen LogP contribution in [-0.4, -0.2) is 17.5 Å². The summed E-state index contributed by atoms with van der Waals surface area (Å²) in [6.45, 7) is 6.77. The predicted molar refractivity (Wildman–Crippen MR) is 68.6 cm³/mol. The Hall–Kier alpha value is -0.630. The summed E-state index contributed by atoms with van der Waals surface area (Å²) >= 11 is 0. The molecule has 2 heteroatoms. The molecule has 2 rings (SSSR count). The summed E-state index contributed by atoms with van der Waals surface area (Å²) in [5.41, 5.74) is 0.821. The van der Waals surface area contributed by atoms with Gasteiger partial charge in [0, 0.05) is 12.0 Å². The van der Waals surface area contributed by atoms with Crippen LogP contribution in [0.5, 0.6) is 0 Å². The van der Waals surface area contributed by atoms with Gasteiger partial charge >= 0.3 is 0 Å². The van der Waals surface area contributed by atoms with E-state index in [1.165, 1.54) is 12.8 Å². The number of ketones is 1. The highest BCUT2D eigenvalue weighted by Gasteiger charge is 2.50. The van der Waals surface area contributed by atoms with Crippen LogP contribution in [0.1, 0.15) is 46.5 Å². The van der Waals surface area contributed by atoms with E-state index in [1.54, 1.807) is 0 Å². The highest BCUT2D eigenvalue weighted by Crippen LogP contribution is 2.57. The van der Waals surface area contributed by atoms with Crippen molar-refractivity contribution in [3.05, 3.63) is 11.6 Å². The molecule has 0 heterocycles. The summed E-state index contributed by atoms with van der Waals surface area (Å²) < 4.78 is 0. The first kappa shape index (κ1) is 12.8. The summed E-state index contributed by atoms with van der Waals surface area (Å²) in [6.07, 6.45) is 6.15. The van der Waals surface area contributed by atoms with Crippen molar-refractivity contribution in [2.24, 2.45) is 23.2 Å². The van der Waals surface area contributed by atoms with Gasteiger partial charge in [0.25, 0.3) is 0 Å². The largest absolute Gasteiger partial charge is 0.392 e. The average molecular weight is 236 g/mol. The fraction of sp³-hybridized carbons (Fsp3) is 0.800. The zero-order chi connectivity index (χ0) is 12.6. The molecule has 0 bridgehead atoms. The molecular formula is C15H24O2. The lowest BCUT2D eigenvalue weighted by molar-refractivity contribution is -0.120. The Morgan fingerprint density at radius 3 is 2.71 bits per heavy atom. The number of aliphatic hydroxyl groups excluding tert-OH is 1. The van der Waals surface area contributed by atoms with E-state index in [1.807, 2.05) is 6.08 Å². The number of Topliss-reactive ketones (excluding diaryl/α,β-unsaturated/α-hetero) is 1. The van der Waals surface area contributed by atoms with Gasteiger partial charge in [0.1, 0.15) is 0 Å². The Kier molecular flexibility index (Phi) is 3.44. The van der Waals surface area contributed by atoms with E-state index in [0.29, 0.717) is 29.7 Å². The molecule has 0 radical (unpaired) electrons. The molecule has 1 fully saturated rings. The van der Waals surface area contributed by atoms with Gasteiger partial charge in [0.15, 0.2) is 5.78 Å². The Bertz CT molecular complexity index is 343. The number of carbonyl (C=O) groups is 1. The lowest BCUT2D eigenvalue weighted by atomic mass is 9.61. The quantitative estimate of drug-likeness (QED) is 0.800. The first-order valence-electron chi connectivity index (χ1n) is 6.84. The predicted octanol–water partition coefficient (Wildman–Crippen LogP) is 2.96. The van der Waals surface area contributed by atoms with E-state index in [2.05, 4.69) is 20.8 Å². The highest BCUT2D eigenvalue weighted by atomic mass is 16.3. The van der Waals surface area contributed by atoms with E-state index in [-0.39, 0.29) is 17.8 Å². The van der Waals surface area contributed by atoms with Crippen LogP contribution in [0.2, 0.25) is 0 Å². The van der Waals surface area contributed by atoms with Crippen LogP contribution in [0, 0.1) is 23.2 Å². The Balaban J connectivity index is 2.30. The molecule has 0 unspecified atom stereocenters. The maximum absolute atomic E-state index is 12.1. The minimum Gasteiger partial charge on any atom is -0.392 e. The zero-order valence-electron chi connectivity index (χ0n) is 11.2. The first-order chi connectivity index (χ1) is 8.01. The van der Waals surface area contributed by atoms with E-state index in [9.17, 15) is 4.79 Å². The SMILES string of the molecule is CC(C)[C@@H]1CC[C@@H](C)[C@@]12CC=C(CO)C(=O)C2. The lowest BCUT2D eigenvalue weighted by Crippen LogP contribution is -2.38. The van der Waals surface area contributed by atoms with Gasteiger partial charge in [-0.2, -0.15) is 0 Å². The van der Waals surface area contributed by atoms with Gasteiger partial charge in [-0.15, -0.1) is 0 Å². The summed E-state index contributed by atoms with van der Waals surface area (Å²) in [6, 6.07) is 0. The molecule has 1 N–H and O–H groups in total. The molecule has 2 aliphatic rings. The number of hydrogen-bond acceptors (Lipinski definition) is 2. The molecule has 2 aliphatic carbocycles. The monoisotopic (exact) mass is 236 g/mol. The minimum atomic E-state index is -0.0877. The molecule has 0 aliphatic heterocycles. The van der Waals surface area contributed by atoms with E-state index in [4.69, 9.17) is 5.11 Å². The van der Waals surface area contributed by atoms with Gasteiger partial charge in [-0.05, 0) is 42.4 Å². The number of aliphatic hydroxyl groups is 1. The topological polar surface area (TPSA) is 37.3 Å². The molecule has 0 aromatic rings. The molecule has 0 aromatic heterocycles. The van der Waals surface area contributed by atoms with E-state index in [0.717, 1.165) is 6.42 Å². The fourth-order valence-corrected chi connectivity index (χ4v) is 4.09. The molecule has 1 saturated carbocycles. The molecule has 0 aromatic carbocycles. The van der Waals surface area contributed by atoms with Gasteiger partial charge in [-0.3, -0.25) is 4.79 Å². The lowest BCUT2D eigenvalue weighted by Gasteiger charge is -2.42. The van der Waals surface area contributed by atoms with Crippen LogP contribution in [0.3, 0.4) is 0 Å². The summed E-state index contributed by atoms with van der Waals surface area (Å²) in [5, 5.41) is 9.14. The Labute approximate surface area is 104 Å². The van der Waals surface area contributed by atoms with Crippen LogP contribution in [0.25, 0.3) is 0 Å². The molecule has 3 atom stereocenters. The van der Waals surface area contributed by atoms with Crippen molar-refractivity contribution in [1.82, 2.24) is 0 Å². The second-order valence-corrected chi connectivity index (χ2v) is 6.25. The molecule has 0 amide bonds. The van der Waals surface area contributed by atoms with Crippen molar-refractivity contribution < 1.29 is 9.90 Å². The maximum Gasteiger partial charge on any atom is 0.161 e. The summed E-state index contributed by atoms with van der Waals surface area (Å²) in [5.74, 6) is 2.13. The summed E-state index contributed by atoms with van der Waals surface area (Å²) in [7, 11) is 0. The van der Waals surface area contributed by atoms with Gasteiger partial charge < -0.3 is 5.11 Å². The third-order valence-electron chi connectivity index (χ3n) is 5.18. The second-order valence-electron chi connectivity index (χ2n) is 6.25. The third kappa shape index (κ3) is 1.97. The molecule has 0 saturated heterocycles. The second kappa shape index (κ2) is 4.56. The van der Waals surface area contributed by atoms with E-state index < -0.39 is 0 Å². The molecule has 2 nitrogen and oxygen atoms in total. The smallest absolute Gasteiger partial charge is 0.161 e. The molecular weight excluding hydrogens is 212 g/mol. The van der Waals surface area contributed by atoms with E-state index >= 15 is 0 Å². The van der Waals surface area contributed by atoms with Crippen LogP contribution in [0.4, 0.5) is 0 Å². The normalized spacial score (nSPS) is 37.9. The van der Waals surface area contributed by atoms with Crippen molar-refractivity contribution in [1.29, 1.82) is 0 Å². The standard InChI is InChI=1S/C15H24O2/c1-10(2)13-5-4-11(3)15(13)7-6-12(9-16)14(17)8-15/h6,10-11,13,16H,4-5,7-9H2,1-3H3/t11-,13+,15+/m1/s1. The van der Waals surface area contributed by atoms with Gasteiger partial charge in [-0.1, -0.05) is 26.8 Å². The van der Waals surface area contributed by atoms with Crippen molar-refractivity contribution in [2.75, 3.05) is 6.61 Å². The fourth-order valence-electron chi connectivity index (χ4n) is 4.09. The molecule has 96 valence electrons. The number of allylic oxidation sites excluding steroid dienone is 1. The van der Waals surface area contributed by atoms with Crippen LogP contribution in [0.15, 0.2) is 11.6 Å².